The van der Waals surface area contributed by atoms with Crippen LogP contribution in [0.15, 0.2) is 36.4 Å². The Kier molecular flexibility index (Phi) is 9.06. The van der Waals surface area contributed by atoms with Crippen molar-refractivity contribution >= 4 is 57.2 Å². The molecule has 25 heavy (non-hydrogen) atoms. The smallest absolute Gasteiger partial charge is 0.129 e. The summed E-state index contributed by atoms with van der Waals surface area (Å²) in [6, 6.07) is 10.4. The lowest BCUT2D eigenvalue weighted by Crippen LogP contribution is -2.10. The molecule has 0 saturated heterocycles. The molecule has 0 aliphatic heterocycles. The third-order valence-electron chi connectivity index (χ3n) is 3.04. The van der Waals surface area contributed by atoms with Crippen LogP contribution >= 0.6 is 47.2 Å². The molecule has 134 valence electrons. The van der Waals surface area contributed by atoms with E-state index in [1.807, 2.05) is 6.26 Å². The van der Waals surface area contributed by atoms with Crippen molar-refractivity contribution in [3.63, 3.8) is 0 Å². The Morgan fingerprint density at radius 2 is 1.44 bits per heavy atom. The highest BCUT2D eigenvalue weighted by Crippen LogP contribution is 2.25. The summed E-state index contributed by atoms with van der Waals surface area (Å²) < 4.78 is 10.1. The quantitative estimate of drug-likeness (QED) is 0.415. The molecule has 0 aliphatic rings. The van der Waals surface area contributed by atoms with Gasteiger partial charge in [-0.1, -0.05) is 35.4 Å². The molecule has 0 atom stereocenters. The van der Waals surface area contributed by atoms with Gasteiger partial charge in [-0.25, -0.2) is 0 Å². The van der Waals surface area contributed by atoms with Gasteiger partial charge in [0.2, 0.25) is 0 Å². The Hall–Kier alpha value is -1.47. The molecular formula is C17H18Cl2N2O2S2. The van der Waals surface area contributed by atoms with E-state index in [-0.39, 0.29) is 4.99 Å². The zero-order valence-electron chi connectivity index (χ0n) is 13.9. The summed E-state index contributed by atoms with van der Waals surface area (Å²) >= 11 is 17.7. The first-order valence-corrected chi connectivity index (χ1v) is 9.32. The number of methoxy groups -OCH3 is 2. The fourth-order valence-corrected chi connectivity index (χ4v) is 2.72. The highest BCUT2D eigenvalue weighted by Gasteiger charge is 2.08. The number of hydrogen-bond donors (Lipinski definition) is 2. The molecule has 0 aliphatic carbocycles. The van der Waals surface area contributed by atoms with E-state index in [1.54, 1.807) is 50.6 Å². The van der Waals surface area contributed by atoms with Gasteiger partial charge >= 0.3 is 0 Å². The van der Waals surface area contributed by atoms with Crippen molar-refractivity contribution < 1.29 is 9.47 Å². The van der Waals surface area contributed by atoms with Gasteiger partial charge in [-0.3, -0.25) is 5.41 Å². The molecule has 0 fully saturated rings. The molecule has 0 spiro atoms. The molecule has 0 aromatic heterocycles. The molecule has 0 amide bonds. The number of benzene rings is 2. The lowest BCUT2D eigenvalue weighted by atomic mass is 10.2. The molecule has 0 heterocycles. The number of nitrogens with two attached hydrogens (primary N) is 1. The summed E-state index contributed by atoms with van der Waals surface area (Å²) in [5, 5.41) is 9.32. The lowest BCUT2D eigenvalue weighted by Gasteiger charge is -2.07. The molecule has 4 nitrogen and oxygen atoms in total. The van der Waals surface area contributed by atoms with Crippen LogP contribution in [-0.4, -0.2) is 30.5 Å². The first-order valence-electron chi connectivity index (χ1n) is 6.93. The van der Waals surface area contributed by atoms with Gasteiger partial charge in [-0.15, -0.1) is 11.8 Å². The van der Waals surface area contributed by atoms with E-state index in [1.165, 1.54) is 11.8 Å². The number of hydrogen-bond acceptors (Lipinski definition) is 5. The molecule has 0 radical (unpaired) electrons. The van der Waals surface area contributed by atoms with Crippen LogP contribution in [0.1, 0.15) is 11.1 Å². The molecule has 8 heteroatoms. The van der Waals surface area contributed by atoms with E-state index in [0.717, 1.165) is 5.56 Å². The fraction of sp³-hybridized carbons (Fsp3) is 0.176. The van der Waals surface area contributed by atoms with E-state index < -0.39 is 0 Å². The molecule has 0 unspecified atom stereocenters. The van der Waals surface area contributed by atoms with Crippen molar-refractivity contribution in [3.8, 4) is 11.5 Å². The van der Waals surface area contributed by atoms with Crippen molar-refractivity contribution in [2.24, 2.45) is 5.73 Å². The van der Waals surface area contributed by atoms with Crippen LogP contribution in [-0.2, 0) is 0 Å². The van der Waals surface area contributed by atoms with Gasteiger partial charge in [0.25, 0.3) is 0 Å². The minimum atomic E-state index is 0.286. The maximum atomic E-state index is 7.64. The maximum absolute atomic E-state index is 7.64. The molecule has 2 aromatic carbocycles. The van der Waals surface area contributed by atoms with E-state index in [4.69, 9.17) is 56.0 Å². The van der Waals surface area contributed by atoms with Gasteiger partial charge in [0.15, 0.2) is 0 Å². The Morgan fingerprint density at radius 3 is 1.84 bits per heavy atom. The van der Waals surface area contributed by atoms with E-state index in [2.05, 4.69) is 0 Å². The third kappa shape index (κ3) is 6.40. The fourth-order valence-electron chi connectivity index (χ4n) is 1.84. The van der Waals surface area contributed by atoms with Gasteiger partial charge < -0.3 is 15.2 Å². The Bertz CT molecular complexity index is 770. The van der Waals surface area contributed by atoms with Crippen LogP contribution in [0.4, 0.5) is 0 Å². The average Bonchev–Trinajstić information content (AvgIpc) is 2.61. The summed E-state index contributed by atoms with van der Waals surface area (Å²) in [4.78, 5) is 0.286. The Labute approximate surface area is 167 Å². The minimum absolute atomic E-state index is 0.286. The second kappa shape index (κ2) is 10.5. The van der Waals surface area contributed by atoms with Gasteiger partial charge in [0.1, 0.15) is 16.5 Å². The summed E-state index contributed by atoms with van der Waals surface area (Å²) in [6.07, 6.45) is 1.85. The van der Waals surface area contributed by atoms with Crippen LogP contribution in [0, 0.1) is 5.41 Å². The zero-order chi connectivity index (χ0) is 19.0. The second-order valence-electron chi connectivity index (χ2n) is 4.59. The van der Waals surface area contributed by atoms with Crippen molar-refractivity contribution in [3.05, 3.63) is 57.6 Å². The number of nitrogens with one attached hydrogen (secondary N) is 1. The largest absolute Gasteiger partial charge is 0.496 e. The highest BCUT2D eigenvalue weighted by molar-refractivity contribution is 8.13. The first-order chi connectivity index (χ1) is 11.8. The van der Waals surface area contributed by atoms with Crippen LogP contribution in [0.25, 0.3) is 0 Å². The van der Waals surface area contributed by atoms with E-state index >= 15 is 0 Å². The zero-order valence-corrected chi connectivity index (χ0v) is 17.1. The first kappa shape index (κ1) is 21.6. The highest BCUT2D eigenvalue weighted by atomic mass is 35.5. The third-order valence-corrected chi connectivity index (χ3v) is 4.36. The average molecular weight is 417 g/mol. The normalized spacial score (nSPS) is 9.64. The van der Waals surface area contributed by atoms with Crippen molar-refractivity contribution in [2.75, 3.05) is 20.5 Å². The second-order valence-corrected chi connectivity index (χ2v) is 6.72. The molecule has 2 aromatic rings. The summed E-state index contributed by atoms with van der Waals surface area (Å²) in [5.74, 6) is 1.33. The molecule has 3 N–H and O–H groups in total. The predicted molar refractivity (Wildman–Crippen MR) is 112 cm³/mol. The van der Waals surface area contributed by atoms with Gasteiger partial charge in [0, 0.05) is 15.6 Å². The van der Waals surface area contributed by atoms with Gasteiger partial charge in [-0.05, 0) is 42.7 Å². The number of rotatable bonds is 4. The van der Waals surface area contributed by atoms with Crippen molar-refractivity contribution in [2.45, 2.75) is 0 Å². The maximum Gasteiger partial charge on any atom is 0.129 e. The number of ether oxygens (including phenoxy) is 2. The minimum Gasteiger partial charge on any atom is -0.496 e. The van der Waals surface area contributed by atoms with E-state index in [0.29, 0.717) is 32.2 Å². The van der Waals surface area contributed by atoms with Crippen molar-refractivity contribution in [1.29, 1.82) is 5.41 Å². The van der Waals surface area contributed by atoms with Crippen LogP contribution in [0.3, 0.4) is 0 Å². The molecule has 0 bridgehead atoms. The predicted octanol–water partition coefficient (Wildman–Crippen LogP) is 5.02. The Morgan fingerprint density at radius 1 is 1.00 bits per heavy atom. The SMILES string of the molecule is COc1ccc(Cl)cc1C(=N)SC.COc1ccc(Cl)cc1C(N)=S. The summed E-state index contributed by atoms with van der Waals surface area (Å²) in [7, 11) is 3.14. The number of thioether (sulfide) groups is 1. The number of halogens is 2. The Balaban J connectivity index is 0.000000251. The number of thiocarbonyl (C=S) groups is 1. The van der Waals surface area contributed by atoms with Crippen LogP contribution in [0.2, 0.25) is 10.0 Å². The molecular weight excluding hydrogens is 399 g/mol. The van der Waals surface area contributed by atoms with Crippen LogP contribution < -0.4 is 15.2 Å². The molecule has 2 rings (SSSR count). The van der Waals surface area contributed by atoms with Crippen molar-refractivity contribution in [1.82, 2.24) is 0 Å². The molecule has 0 saturated carbocycles. The lowest BCUT2D eigenvalue weighted by molar-refractivity contribution is 0.414. The van der Waals surface area contributed by atoms with Crippen LogP contribution in [0.5, 0.6) is 11.5 Å². The topological polar surface area (TPSA) is 68.3 Å². The van der Waals surface area contributed by atoms with E-state index in [9.17, 15) is 0 Å². The standard InChI is InChI=1S/C9H10ClNOS.C8H8ClNOS/c1-12-8-4-3-6(10)5-7(8)9(11)13-2;1-11-7-3-2-5(9)4-6(7)8(10)12/h3-5,11H,1-2H3;2-4H,1H3,(H2,10,12). The van der Waals surface area contributed by atoms with Gasteiger partial charge in [-0.2, -0.15) is 0 Å². The summed E-state index contributed by atoms with van der Waals surface area (Å²) in [6.45, 7) is 0. The summed E-state index contributed by atoms with van der Waals surface area (Å²) in [5.41, 5.74) is 6.86. The van der Waals surface area contributed by atoms with Gasteiger partial charge in [0.05, 0.1) is 24.8 Å². The monoisotopic (exact) mass is 416 g/mol.